The molecule has 3 aromatic carbocycles. The molecule has 0 saturated carbocycles. The zero-order valence-electron chi connectivity index (χ0n) is 16.4. The largest absolute Gasteiger partial charge is 0.343 e. The number of halogens is 3. The van der Waals surface area contributed by atoms with E-state index in [4.69, 9.17) is 0 Å². The minimum absolute atomic E-state index is 0.172. The minimum atomic E-state index is -0.269. The minimum Gasteiger partial charge on any atom is -0.343 e. The summed E-state index contributed by atoms with van der Waals surface area (Å²) in [6, 6.07) is 19.1. The van der Waals surface area contributed by atoms with E-state index < -0.39 is 0 Å². The van der Waals surface area contributed by atoms with Gasteiger partial charge in [0.05, 0.1) is 12.4 Å². The molecular weight excluding hydrogens is 460 g/mol. The Hall–Kier alpha value is -3.25. The van der Waals surface area contributed by atoms with E-state index in [0.29, 0.717) is 6.54 Å². The molecule has 31 heavy (non-hydrogen) atoms. The lowest BCUT2D eigenvalue weighted by molar-refractivity contribution is 0.622. The quantitative estimate of drug-likeness (QED) is 0.280. The molecule has 0 amide bonds. The molecule has 0 radical (unpaired) electrons. The van der Waals surface area contributed by atoms with Gasteiger partial charge in [-0.05, 0) is 53.6 Å². The SMILES string of the molecule is Fc1ccc(Cn2cc(C(c3ccc(F)cc3)n3ccnc3)c3cc(Br)ccc32)cc1. The Kier molecular flexibility index (Phi) is 5.16. The molecule has 0 spiro atoms. The van der Waals surface area contributed by atoms with Gasteiger partial charge in [-0.2, -0.15) is 0 Å². The fraction of sp³-hybridized carbons (Fsp3) is 0.0800. The maximum absolute atomic E-state index is 13.6. The first-order chi connectivity index (χ1) is 15.1. The highest BCUT2D eigenvalue weighted by atomic mass is 79.9. The maximum atomic E-state index is 13.6. The molecule has 5 rings (SSSR count). The van der Waals surface area contributed by atoms with E-state index >= 15 is 0 Å². The third kappa shape index (κ3) is 3.91. The van der Waals surface area contributed by atoms with Gasteiger partial charge in [0.1, 0.15) is 11.6 Å². The lowest BCUT2D eigenvalue weighted by atomic mass is 9.98. The number of nitrogens with zero attached hydrogens (tertiary/aromatic N) is 3. The van der Waals surface area contributed by atoms with E-state index in [1.807, 2.05) is 16.8 Å². The molecule has 1 atom stereocenters. The predicted octanol–water partition coefficient (Wildman–Crippen LogP) is 6.56. The van der Waals surface area contributed by atoms with E-state index in [2.05, 4.69) is 43.8 Å². The Morgan fingerprint density at radius 2 is 1.61 bits per heavy atom. The van der Waals surface area contributed by atoms with Crippen LogP contribution in [-0.4, -0.2) is 14.1 Å². The first-order valence-electron chi connectivity index (χ1n) is 9.84. The molecule has 0 N–H and O–H groups in total. The summed E-state index contributed by atoms with van der Waals surface area (Å²) in [5, 5.41) is 1.08. The second kappa shape index (κ2) is 8.12. The van der Waals surface area contributed by atoms with Crippen LogP contribution >= 0.6 is 15.9 Å². The zero-order chi connectivity index (χ0) is 21.4. The summed E-state index contributed by atoms with van der Waals surface area (Å²) in [6.45, 7) is 0.610. The van der Waals surface area contributed by atoms with Gasteiger partial charge in [-0.25, -0.2) is 13.8 Å². The first kappa shape index (κ1) is 19.7. The van der Waals surface area contributed by atoms with E-state index in [1.54, 1.807) is 36.8 Å². The number of benzene rings is 3. The zero-order valence-corrected chi connectivity index (χ0v) is 18.0. The van der Waals surface area contributed by atoms with Gasteiger partial charge in [-0.1, -0.05) is 40.2 Å². The number of rotatable bonds is 5. The topological polar surface area (TPSA) is 22.8 Å². The number of imidazole rings is 1. The van der Waals surface area contributed by atoms with Crippen molar-refractivity contribution in [1.82, 2.24) is 14.1 Å². The van der Waals surface area contributed by atoms with Gasteiger partial charge in [0, 0.05) is 46.1 Å². The molecule has 6 heteroatoms. The fourth-order valence-electron chi connectivity index (χ4n) is 4.01. The van der Waals surface area contributed by atoms with Crippen LogP contribution in [0.4, 0.5) is 8.78 Å². The van der Waals surface area contributed by atoms with Crippen LogP contribution in [0.5, 0.6) is 0 Å². The summed E-state index contributed by atoms with van der Waals surface area (Å²) >= 11 is 3.59. The molecule has 0 aliphatic carbocycles. The molecule has 154 valence electrons. The van der Waals surface area contributed by atoms with Crippen LogP contribution < -0.4 is 0 Å². The van der Waals surface area contributed by atoms with Crippen molar-refractivity contribution in [3.05, 3.63) is 124 Å². The summed E-state index contributed by atoms with van der Waals surface area (Å²) in [5.41, 5.74) is 4.10. The van der Waals surface area contributed by atoms with Crippen LogP contribution in [0.25, 0.3) is 10.9 Å². The molecule has 0 aliphatic heterocycles. The molecule has 5 aromatic rings. The Labute approximate surface area is 186 Å². The van der Waals surface area contributed by atoms with Crippen molar-refractivity contribution in [2.45, 2.75) is 12.6 Å². The van der Waals surface area contributed by atoms with Crippen molar-refractivity contribution < 1.29 is 8.78 Å². The van der Waals surface area contributed by atoms with Crippen molar-refractivity contribution in [2.24, 2.45) is 0 Å². The van der Waals surface area contributed by atoms with E-state index in [1.165, 1.54) is 24.3 Å². The smallest absolute Gasteiger partial charge is 0.123 e. The summed E-state index contributed by atoms with van der Waals surface area (Å²) in [4.78, 5) is 4.23. The van der Waals surface area contributed by atoms with Gasteiger partial charge in [0.2, 0.25) is 0 Å². The molecule has 0 bridgehead atoms. The number of aromatic nitrogens is 3. The predicted molar refractivity (Wildman–Crippen MR) is 121 cm³/mol. The van der Waals surface area contributed by atoms with Crippen LogP contribution in [0.15, 0.2) is 96.1 Å². The highest BCUT2D eigenvalue weighted by Gasteiger charge is 2.22. The molecule has 0 fully saturated rings. The highest BCUT2D eigenvalue weighted by molar-refractivity contribution is 9.10. The molecule has 2 heterocycles. The van der Waals surface area contributed by atoms with Gasteiger partial charge in [0.15, 0.2) is 0 Å². The van der Waals surface area contributed by atoms with Crippen LogP contribution in [-0.2, 0) is 6.54 Å². The maximum Gasteiger partial charge on any atom is 0.123 e. The number of hydrogen-bond donors (Lipinski definition) is 0. The first-order valence-corrected chi connectivity index (χ1v) is 10.6. The molecule has 3 nitrogen and oxygen atoms in total. The molecule has 2 aromatic heterocycles. The second-order valence-corrected chi connectivity index (χ2v) is 8.38. The van der Waals surface area contributed by atoms with Gasteiger partial charge >= 0.3 is 0 Å². The number of hydrogen-bond acceptors (Lipinski definition) is 1. The summed E-state index contributed by atoms with van der Waals surface area (Å²) in [5.74, 6) is -0.517. The second-order valence-electron chi connectivity index (χ2n) is 7.46. The van der Waals surface area contributed by atoms with E-state index in [9.17, 15) is 8.78 Å². The third-order valence-corrected chi connectivity index (χ3v) is 5.94. The van der Waals surface area contributed by atoms with Crippen LogP contribution in [0.2, 0.25) is 0 Å². The van der Waals surface area contributed by atoms with Crippen molar-refractivity contribution >= 4 is 26.8 Å². The third-order valence-electron chi connectivity index (χ3n) is 5.44. The van der Waals surface area contributed by atoms with Gasteiger partial charge in [0.25, 0.3) is 0 Å². The Bertz CT molecular complexity index is 1320. The van der Waals surface area contributed by atoms with Crippen LogP contribution in [0.1, 0.15) is 22.7 Å². The van der Waals surface area contributed by atoms with Crippen LogP contribution in [0.3, 0.4) is 0 Å². The Morgan fingerprint density at radius 3 is 2.29 bits per heavy atom. The lowest BCUT2D eigenvalue weighted by Gasteiger charge is -2.19. The number of fused-ring (bicyclic) bond motifs is 1. The van der Waals surface area contributed by atoms with Crippen molar-refractivity contribution in [2.75, 3.05) is 0 Å². The normalized spacial score (nSPS) is 12.4. The molecule has 1 unspecified atom stereocenters. The molecule has 0 saturated heterocycles. The summed E-state index contributed by atoms with van der Waals surface area (Å²) in [6.07, 6.45) is 7.54. The standard InChI is InChI=1S/C25H18BrF2N3/c26-19-5-10-24-22(13-19)23(15-31(24)14-17-1-6-20(27)7-2-17)25(30-12-11-29-16-30)18-3-8-21(28)9-4-18/h1-13,15-16,25H,14H2. The average molecular weight is 478 g/mol. The Morgan fingerprint density at radius 1 is 0.903 bits per heavy atom. The summed E-state index contributed by atoms with van der Waals surface area (Å²) in [7, 11) is 0. The van der Waals surface area contributed by atoms with E-state index in [0.717, 1.165) is 32.1 Å². The van der Waals surface area contributed by atoms with Gasteiger partial charge < -0.3 is 9.13 Å². The Balaban J connectivity index is 1.69. The monoisotopic (exact) mass is 477 g/mol. The highest BCUT2D eigenvalue weighted by Crippen LogP contribution is 2.35. The summed E-state index contributed by atoms with van der Waals surface area (Å²) < 4.78 is 32.1. The van der Waals surface area contributed by atoms with Crippen molar-refractivity contribution in [1.29, 1.82) is 0 Å². The van der Waals surface area contributed by atoms with Crippen molar-refractivity contribution in [3.63, 3.8) is 0 Å². The molecular formula is C25H18BrF2N3. The van der Waals surface area contributed by atoms with E-state index in [-0.39, 0.29) is 17.7 Å². The van der Waals surface area contributed by atoms with Gasteiger partial charge in [-0.3, -0.25) is 0 Å². The van der Waals surface area contributed by atoms with Crippen molar-refractivity contribution in [3.8, 4) is 0 Å². The molecule has 0 aliphatic rings. The fourth-order valence-corrected chi connectivity index (χ4v) is 4.37. The lowest BCUT2D eigenvalue weighted by Crippen LogP contribution is -2.10. The van der Waals surface area contributed by atoms with Crippen LogP contribution in [0, 0.1) is 11.6 Å². The van der Waals surface area contributed by atoms with Gasteiger partial charge in [-0.15, -0.1) is 0 Å². The average Bonchev–Trinajstić information content (AvgIpc) is 3.41.